The monoisotopic (exact) mass is 919 g/mol. The molecule has 362 valence electrons. The van der Waals surface area contributed by atoms with Gasteiger partial charge in [-0.3, -0.25) is 9.59 Å². The van der Waals surface area contributed by atoms with Gasteiger partial charge < -0.3 is 49.1 Å². The number of aliphatic hydroxyl groups is 2. The third-order valence-electron chi connectivity index (χ3n) is 16.2. The van der Waals surface area contributed by atoms with E-state index in [0.717, 1.165) is 17.0 Å². The fraction of sp³-hybridized carbons (Fsp3) is 0.837. The average Bonchev–Trinajstić information content (AvgIpc) is 3.83. The van der Waals surface area contributed by atoms with E-state index in [-0.39, 0.29) is 36.2 Å². The number of nitrogens with zero attached hydrogens (tertiary/aromatic N) is 1. The molecule has 0 unspecified atom stereocenters. The molecule has 6 rings (SSSR count). The number of carboxylic acid groups (broad SMARTS) is 1. The smallest absolute Gasteiger partial charge is 0.407 e. The lowest BCUT2D eigenvalue weighted by molar-refractivity contribution is -0.398. The molecule has 4 fully saturated rings. The van der Waals surface area contributed by atoms with Crippen molar-refractivity contribution in [2.45, 2.75) is 212 Å². The molecule has 1 aromatic heterocycles. The van der Waals surface area contributed by atoms with E-state index in [1.807, 2.05) is 60.6 Å². The van der Waals surface area contributed by atoms with Crippen LogP contribution in [0.5, 0.6) is 0 Å². The second-order valence-electron chi connectivity index (χ2n) is 20.3. The predicted molar refractivity (Wildman–Crippen MR) is 241 cm³/mol. The highest BCUT2D eigenvalue weighted by Crippen LogP contribution is 2.54. The molecule has 4 saturated heterocycles. The van der Waals surface area contributed by atoms with Crippen LogP contribution in [0.4, 0.5) is 4.79 Å². The van der Waals surface area contributed by atoms with Crippen LogP contribution in [-0.2, 0) is 44.4 Å². The number of carboxylic acids is 1. The molecule has 14 nitrogen and oxygen atoms in total. The van der Waals surface area contributed by atoms with Gasteiger partial charge in [-0.05, 0) is 96.5 Å². The Morgan fingerprint density at radius 2 is 1.69 bits per heavy atom. The lowest BCUT2D eigenvalue weighted by Crippen LogP contribution is -2.65. The lowest BCUT2D eigenvalue weighted by atomic mass is 9.72. The molecule has 64 heavy (non-hydrogen) atoms. The van der Waals surface area contributed by atoms with Gasteiger partial charge in [-0.1, -0.05) is 61.5 Å². The summed E-state index contributed by atoms with van der Waals surface area (Å²) in [7, 11) is 0. The topological polar surface area (TPSA) is 192 Å². The van der Waals surface area contributed by atoms with E-state index in [1.165, 1.54) is 11.3 Å². The lowest BCUT2D eigenvalue weighted by Gasteiger charge is -2.55. The largest absolute Gasteiger partial charge is 0.481 e. The summed E-state index contributed by atoms with van der Waals surface area (Å²) in [6.07, 6.45) is 6.17. The van der Waals surface area contributed by atoms with Crippen molar-refractivity contribution in [3.05, 3.63) is 28.2 Å². The summed E-state index contributed by atoms with van der Waals surface area (Å²) in [5.74, 6) is -6.19. The number of aryl methyl sites for hydroxylation is 1. The summed E-state index contributed by atoms with van der Waals surface area (Å²) in [5.41, 5.74) is 0.939. The molecule has 2 spiro atoms. The summed E-state index contributed by atoms with van der Waals surface area (Å²) in [4.78, 5) is 45.6. The SMILES string of the molecule is CC[C@@H](C(=O)[C@@H](C)[C@@H](O)[C@H](C)[C@@H]1O[C@@H]([C@@H](CC)C(=O)O)CC[C@@H]1C)[C@H]1O[C@]2(C=C[C@@H](NC(=O)OCCc3scnc3C)[C@]3(CC[C@@](C)([C@H]4CC[C@](O)(CC)[C@H](C)O4)O3)O2)[C@H](C)C[C@@H]1C. The van der Waals surface area contributed by atoms with Crippen LogP contribution in [-0.4, -0.2) is 110 Å². The number of carbonyl (C=O) groups excluding carboxylic acids is 2. The number of rotatable bonds is 16. The Morgan fingerprint density at radius 3 is 2.31 bits per heavy atom. The highest BCUT2D eigenvalue weighted by molar-refractivity contribution is 7.09. The molecule has 4 N–H and O–H groups in total. The van der Waals surface area contributed by atoms with Crippen LogP contribution < -0.4 is 5.32 Å². The van der Waals surface area contributed by atoms with Gasteiger partial charge in [-0.2, -0.15) is 0 Å². The second kappa shape index (κ2) is 20.4. The van der Waals surface area contributed by atoms with Crippen molar-refractivity contribution in [3.8, 4) is 0 Å². The molecule has 18 atom stereocenters. The van der Waals surface area contributed by atoms with Gasteiger partial charge in [-0.25, -0.2) is 9.78 Å². The normalized spacial score (nSPS) is 40.1. The van der Waals surface area contributed by atoms with Gasteiger partial charge in [0.25, 0.3) is 0 Å². The first-order chi connectivity index (χ1) is 30.2. The summed E-state index contributed by atoms with van der Waals surface area (Å²) in [6, 6.07) is -0.757. The van der Waals surface area contributed by atoms with E-state index in [1.54, 1.807) is 12.4 Å². The van der Waals surface area contributed by atoms with E-state index in [4.69, 9.17) is 28.4 Å². The number of amides is 1. The van der Waals surface area contributed by atoms with Crippen LogP contribution in [0.2, 0.25) is 0 Å². The second-order valence-corrected chi connectivity index (χ2v) is 21.3. The molecular weight excluding hydrogens is 841 g/mol. The maximum atomic E-state index is 14.7. The first kappa shape index (κ1) is 50.9. The van der Waals surface area contributed by atoms with E-state index >= 15 is 0 Å². The number of nitrogens with one attached hydrogen (secondary N) is 1. The van der Waals surface area contributed by atoms with Gasteiger partial charge in [0.2, 0.25) is 0 Å². The van der Waals surface area contributed by atoms with Gasteiger partial charge in [0, 0.05) is 41.4 Å². The molecule has 0 aliphatic carbocycles. The average molecular weight is 919 g/mol. The fourth-order valence-electron chi connectivity index (χ4n) is 11.6. The zero-order valence-corrected chi connectivity index (χ0v) is 41.0. The van der Waals surface area contributed by atoms with E-state index < -0.39 is 95.1 Å². The Kier molecular flexibility index (Phi) is 16.2. The molecule has 0 saturated carbocycles. The van der Waals surface area contributed by atoms with Crippen molar-refractivity contribution in [1.29, 1.82) is 0 Å². The molecule has 0 radical (unpaired) electrons. The maximum Gasteiger partial charge on any atom is 0.407 e. The Bertz CT molecular complexity index is 1810. The molecule has 0 bridgehead atoms. The quantitative estimate of drug-likeness (QED) is 0.117. The van der Waals surface area contributed by atoms with Crippen LogP contribution in [0.3, 0.4) is 0 Å². The summed E-state index contributed by atoms with van der Waals surface area (Å²) >= 11 is 1.53. The minimum absolute atomic E-state index is 0.0362. The minimum atomic E-state index is -1.39. The van der Waals surface area contributed by atoms with Crippen molar-refractivity contribution in [2.24, 2.45) is 41.4 Å². The van der Waals surface area contributed by atoms with Crippen LogP contribution in [0, 0.1) is 48.3 Å². The van der Waals surface area contributed by atoms with Crippen molar-refractivity contribution < 1.29 is 58.1 Å². The van der Waals surface area contributed by atoms with E-state index in [0.29, 0.717) is 64.2 Å². The maximum absolute atomic E-state index is 14.7. The van der Waals surface area contributed by atoms with Gasteiger partial charge in [0.15, 0.2) is 11.6 Å². The predicted octanol–water partition coefficient (Wildman–Crippen LogP) is 7.93. The van der Waals surface area contributed by atoms with Gasteiger partial charge in [0.05, 0.1) is 71.6 Å². The molecule has 5 aliphatic heterocycles. The van der Waals surface area contributed by atoms with Crippen molar-refractivity contribution >= 4 is 29.2 Å². The van der Waals surface area contributed by atoms with Gasteiger partial charge >= 0.3 is 12.1 Å². The number of aliphatic carboxylic acids is 1. The number of ketones is 1. The van der Waals surface area contributed by atoms with Crippen molar-refractivity contribution in [2.75, 3.05) is 6.61 Å². The Hall–Kier alpha value is -2.50. The highest BCUT2D eigenvalue weighted by atomic mass is 32.1. The van der Waals surface area contributed by atoms with Crippen LogP contribution in [0.25, 0.3) is 0 Å². The number of aliphatic hydroxyl groups excluding tert-OH is 1. The molecular formula is C49H78N2O12S. The zero-order valence-electron chi connectivity index (χ0n) is 40.2. The number of hydrogen-bond acceptors (Lipinski definition) is 13. The number of Topliss-reactive ketones (excluding diaryl/α,β-unsaturated/α-hetero) is 1. The third-order valence-corrected chi connectivity index (χ3v) is 17.2. The van der Waals surface area contributed by atoms with E-state index in [2.05, 4.69) is 31.1 Å². The van der Waals surface area contributed by atoms with Crippen LogP contribution in [0.1, 0.15) is 144 Å². The minimum Gasteiger partial charge on any atom is -0.481 e. The number of ether oxygens (including phenoxy) is 6. The van der Waals surface area contributed by atoms with Gasteiger partial charge in [0.1, 0.15) is 11.8 Å². The summed E-state index contributed by atoms with van der Waals surface area (Å²) in [6.45, 7) is 21.7. The zero-order chi connectivity index (χ0) is 46.9. The summed E-state index contributed by atoms with van der Waals surface area (Å²) < 4.78 is 40.3. The summed E-state index contributed by atoms with van der Waals surface area (Å²) in [5, 5.41) is 36.1. The number of carbonyl (C=O) groups is 3. The molecule has 1 aromatic rings. The van der Waals surface area contributed by atoms with Crippen LogP contribution in [0.15, 0.2) is 17.7 Å². The Labute approximate surface area is 384 Å². The third kappa shape index (κ3) is 10.2. The van der Waals surface area contributed by atoms with Crippen LogP contribution >= 0.6 is 11.3 Å². The number of aromatic nitrogens is 1. The number of thiazole rings is 1. The first-order valence-electron chi connectivity index (χ1n) is 24.2. The molecule has 5 aliphatic rings. The Balaban J connectivity index is 1.23. The fourth-order valence-corrected chi connectivity index (χ4v) is 12.4. The van der Waals surface area contributed by atoms with Gasteiger partial charge in [-0.15, -0.1) is 11.3 Å². The Morgan fingerprint density at radius 1 is 0.969 bits per heavy atom. The number of hydrogen-bond donors (Lipinski definition) is 4. The highest BCUT2D eigenvalue weighted by Gasteiger charge is 2.63. The van der Waals surface area contributed by atoms with E-state index in [9.17, 15) is 29.7 Å². The van der Waals surface area contributed by atoms with Crippen molar-refractivity contribution in [1.82, 2.24) is 10.3 Å². The molecule has 0 aromatic carbocycles. The van der Waals surface area contributed by atoms with Crippen molar-refractivity contribution in [3.63, 3.8) is 0 Å². The standard InChI is InChI=1S/C49H78N2O12S/c1-12-34(44(54)55)36-16-15-27(4)42(60-36)31(8)40(52)30(7)41(53)35(13-2)43-28(5)25-29(6)48(61-43)21-17-38(51-45(56)58-24-19-37-32(9)50-26-64-37)49(63-48)23-22-46(11,62-49)39-18-20-47(57,14-3)33(10)59-39/h17,21,26-31,33-36,38-40,42-43,52,57H,12-16,18-20,22-25H2,1-11H3,(H,51,56)(H,54,55)/t27-,28-,29+,30-,31-,33-,34+,35-,36+,38+,39+,40+,42+,43-,46-,47+,48-,49-/m0/s1. The molecule has 6 heterocycles. The molecule has 1 amide bonds. The number of alkyl carbamates (subject to hydrolysis) is 1. The first-order valence-corrected chi connectivity index (χ1v) is 25.1. The molecule has 15 heteroatoms.